The molecule has 0 saturated heterocycles. The van der Waals surface area contributed by atoms with E-state index in [0.29, 0.717) is 12.2 Å². The number of aromatic nitrogens is 2. The first kappa shape index (κ1) is 19.7. The van der Waals surface area contributed by atoms with Gasteiger partial charge in [-0.1, -0.05) is 26.0 Å². The first-order valence-corrected chi connectivity index (χ1v) is 9.31. The maximum absolute atomic E-state index is 11.4. The Morgan fingerprint density at radius 3 is 2.77 bits per heavy atom. The summed E-state index contributed by atoms with van der Waals surface area (Å²) in [5.41, 5.74) is 9.83. The van der Waals surface area contributed by atoms with Gasteiger partial charge in [-0.15, -0.1) is 11.3 Å². The Bertz CT molecular complexity index is 926. The third-order valence-corrected chi connectivity index (χ3v) is 4.77. The van der Waals surface area contributed by atoms with Gasteiger partial charge in [0.1, 0.15) is 0 Å². The van der Waals surface area contributed by atoms with E-state index in [9.17, 15) is 4.79 Å². The van der Waals surface area contributed by atoms with Gasteiger partial charge in [0.25, 0.3) is 0 Å². The van der Waals surface area contributed by atoms with Crippen molar-refractivity contribution in [3.63, 3.8) is 0 Å². The normalized spacial score (nSPS) is 10.8. The lowest BCUT2D eigenvalue weighted by Crippen LogP contribution is -2.11. The molecule has 6 nitrogen and oxygen atoms in total. The predicted molar refractivity (Wildman–Crippen MR) is 110 cm³/mol. The van der Waals surface area contributed by atoms with Gasteiger partial charge < -0.3 is 10.3 Å². The van der Waals surface area contributed by atoms with Gasteiger partial charge in [0, 0.05) is 25.3 Å². The Balaban J connectivity index is 0.00000117. The van der Waals surface area contributed by atoms with Crippen LogP contribution in [-0.2, 0) is 13.6 Å². The van der Waals surface area contributed by atoms with Crippen LogP contribution in [0, 0.1) is 6.92 Å². The second-order valence-electron chi connectivity index (χ2n) is 5.67. The van der Waals surface area contributed by atoms with Gasteiger partial charge in [0.15, 0.2) is 11.9 Å². The van der Waals surface area contributed by atoms with Gasteiger partial charge >= 0.3 is 0 Å². The fourth-order valence-electron chi connectivity index (χ4n) is 2.65. The number of carbonyl (C=O) groups excluding carboxylic acids is 1. The van der Waals surface area contributed by atoms with Crippen molar-refractivity contribution in [2.24, 2.45) is 12.1 Å². The average molecular weight is 372 g/mol. The Labute approximate surface area is 158 Å². The van der Waals surface area contributed by atoms with Gasteiger partial charge in [-0.05, 0) is 24.6 Å². The minimum absolute atomic E-state index is 0.588. The number of nitrogens with two attached hydrogens (primary N) is 1. The second kappa shape index (κ2) is 8.62. The van der Waals surface area contributed by atoms with Gasteiger partial charge in [-0.25, -0.2) is 4.98 Å². The summed E-state index contributed by atoms with van der Waals surface area (Å²) < 4.78 is 2.80. The molecule has 0 spiro atoms. The highest BCUT2D eigenvalue weighted by atomic mass is 32.1. The molecule has 2 N–H and O–H groups in total. The summed E-state index contributed by atoms with van der Waals surface area (Å²) in [5, 5.41) is 7.26. The van der Waals surface area contributed by atoms with E-state index in [4.69, 9.17) is 5.73 Å². The van der Waals surface area contributed by atoms with Crippen molar-refractivity contribution >= 4 is 39.9 Å². The van der Waals surface area contributed by atoms with E-state index in [1.807, 2.05) is 68.7 Å². The first-order valence-electron chi connectivity index (χ1n) is 8.50. The van der Waals surface area contributed by atoms with Crippen LogP contribution in [-0.4, -0.2) is 34.1 Å². The summed E-state index contributed by atoms with van der Waals surface area (Å²) in [5.74, 6) is 0. The van der Waals surface area contributed by atoms with Gasteiger partial charge in [0.2, 0.25) is 0 Å². The molecule has 138 valence electrons. The van der Waals surface area contributed by atoms with E-state index in [1.54, 1.807) is 17.6 Å². The van der Waals surface area contributed by atoms with Crippen molar-refractivity contribution in [3.05, 3.63) is 46.1 Å². The Hall–Kier alpha value is -2.67. The number of anilines is 1. The molecule has 1 aromatic carbocycles. The quantitative estimate of drug-likeness (QED) is 0.320. The van der Waals surface area contributed by atoms with E-state index in [1.165, 1.54) is 0 Å². The van der Waals surface area contributed by atoms with Crippen LogP contribution >= 0.6 is 11.3 Å². The maximum Gasteiger partial charge on any atom is 0.167 e. The van der Waals surface area contributed by atoms with E-state index in [0.717, 1.165) is 38.5 Å². The molecule has 0 bridgehead atoms. The number of aryl methyl sites for hydroxylation is 2. The Morgan fingerprint density at radius 1 is 1.38 bits per heavy atom. The fourth-order valence-corrected chi connectivity index (χ4v) is 3.62. The summed E-state index contributed by atoms with van der Waals surface area (Å²) in [6, 6.07) is 7.71. The van der Waals surface area contributed by atoms with E-state index in [-0.39, 0.29) is 0 Å². The van der Waals surface area contributed by atoms with Crippen molar-refractivity contribution in [2.75, 3.05) is 12.8 Å². The monoisotopic (exact) mass is 371 g/mol. The van der Waals surface area contributed by atoms with Crippen molar-refractivity contribution in [1.29, 1.82) is 0 Å². The number of nitrogen functional groups attached to an aromatic ring is 1. The highest BCUT2D eigenvalue weighted by Gasteiger charge is 2.17. The van der Waals surface area contributed by atoms with Crippen LogP contribution in [0.3, 0.4) is 0 Å². The number of thiazole rings is 1. The highest BCUT2D eigenvalue weighted by molar-refractivity contribution is 7.18. The second-order valence-corrected chi connectivity index (χ2v) is 6.87. The zero-order valence-corrected chi connectivity index (χ0v) is 16.7. The highest BCUT2D eigenvalue weighted by Crippen LogP contribution is 2.28. The number of aldehydes is 1. The summed E-state index contributed by atoms with van der Waals surface area (Å²) in [6.45, 7) is 6.59. The number of nitrogens with zero attached hydrogens (tertiary/aromatic N) is 4. The Kier molecular flexibility index (Phi) is 6.52. The molecule has 3 rings (SSSR count). The minimum atomic E-state index is 0.588. The van der Waals surface area contributed by atoms with Crippen LogP contribution in [0.1, 0.15) is 40.5 Å². The average Bonchev–Trinajstić information content (AvgIpc) is 3.11. The smallest absolute Gasteiger partial charge is 0.167 e. The largest absolute Gasteiger partial charge is 0.399 e. The standard InChI is InChI=1S/C17H19N5OS.C2H6/c1-11-20-17-16(24-11)14(15(10-23)22(17)3)8-19-21(2)9-12-5-4-6-13(18)7-12;1-2/h4-8,10H,9,18H2,1-3H3;1-2H3/b19-8-;. The van der Waals surface area contributed by atoms with Crippen LogP contribution < -0.4 is 5.73 Å². The predicted octanol–water partition coefficient (Wildman–Crippen LogP) is 3.83. The first-order chi connectivity index (χ1) is 12.5. The molecule has 0 aliphatic carbocycles. The molecule has 0 amide bonds. The topological polar surface area (TPSA) is 76.5 Å². The summed E-state index contributed by atoms with van der Waals surface area (Å²) in [4.78, 5) is 15.9. The molecular formula is C19H25N5OS. The molecule has 3 aromatic rings. The molecule has 0 saturated carbocycles. The molecule has 2 aromatic heterocycles. The molecule has 0 aliphatic rings. The van der Waals surface area contributed by atoms with Crippen LogP contribution in [0.4, 0.5) is 5.69 Å². The lowest BCUT2D eigenvalue weighted by Gasteiger charge is -2.13. The van der Waals surface area contributed by atoms with E-state index >= 15 is 0 Å². The van der Waals surface area contributed by atoms with Crippen LogP contribution in [0.5, 0.6) is 0 Å². The summed E-state index contributed by atoms with van der Waals surface area (Å²) in [7, 11) is 3.73. The van der Waals surface area contributed by atoms with Crippen molar-refractivity contribution in [3.8, 4) is 0 Å². The molecule has 26 heavy (non-hydrogen) atoms. The molecule has 0 aliphatic heterocycles. The number of benzene rings is 1. The summed E-state index contributed by atoms with van der Waals surface area (Å²) in [6.07, 6.45) is 2.58. The minimum Gasteiger partial charge on any atom is -0.399 e. The molecule has 0 radical (unpaired) electrons. The molecule has 0 fully saturated rings. The molecule has 0 atom stereocenters. The van der Waals surface area contributed by atoms with Crippen LogP contribution in [0.2, 0.25) is 0 Å². The zero-order valence-electron chi connectivity index (χ0n) is 15.9. The van der Waals surface area contributed by atoms with E-state index < -0.39 is 0 Å². The number of fused-ring (bicyclic) bond motifs is 1. The van der Waals surface area contributed by atoms with Crippen molar-refractivity contribution in [1.82, 2.24) is 14.6 Å². The third-order valence-electron chi connectivity index (χ3n) is 3.77. The molecule has 2 heterocycles. The number of rotatable bonds is 5. The number of carbonyl (C=O) groups is 1. The van der Waals surface area contributed by atoms with Gasteiger partial charge in [0.05, 0.1) is 28.2 Å². The Morgan fingerprint density at radius 2 is 2.12 bits per heavy atom. The van der Waals surface area contributed by atoms with E-state index in [2.05, 4.69) is 10.1 Å². The maximum atomic E-state index is 11.4. The number of hydrazone groups is 1. The van der Waals surface area contributed by atoms with Crippen molar-refractivity contribution in [2.45, 2.75) is 27.3 Å². The number of hydrogen-bond donors (Lipinski definition) is 1. The molecule has 7 heteroatoms. The van der Waals surface area contributed by atoms with Crippen molar-refractivity contribution < 1.29 is 4.79 Å². The third kappa shape index (κ3) is 4.11. The number of hydrogen-bond acceptors (Lipinski definition) is 6. The van der Waals surface area contributed by atoms with Crippen LogP contribution in [0.25, 0.3) is 10.3 Å². The van der Waals surface area contributed by atoms with Gasteiger partial charge in [-0.2, -0.15) is 5.10 Å². The lowest BCUT2D eigenvalue weighted by molar-refractivity contribution is 0.111. The molecular weight excluding hydrogens is 346 g/mol. The van der Waals surface area contributed by atoms with Gasteiger partial charge in [-0.3, -0.25) is 9.80 Å². The SMILES string of the molecule is CC.Cc1nc2c(s1)c(/C=N\N(C)Cc1cccc(N)c1)c(C=O)n2C. The molecule has 0 unspecified atom stereocenters. The zero-order chi connectivity index (χ0) is 19.3. The summed E-state index contributed by atoms with van der Waals surface area (Å²) >= 11 is 1.57. The van der Waals surface area contributed by atoms with Crippen LogP contribution in [0.15, 0.2) is 29.4 Å². The fraction of sp³-hybridized carbons (Fsp3) is 0.316. The lowest BCUT2D eigenvalue weighted by atomic mass is 10.2.